The molecule has 26 heavy (non-hydrogen) atoms. The average Bonchev–Trinajstić information content (AvgIpc) is 3.15. The first-order chi connectivity index (χ1) is 12.7. The number of nitrogens with two attached hydrogens (primary N) is 2. The average molecular weight is 383 g/mol. The number of nitrogens with one attached hydrogen (secondary N) is 2. The predicted molar refractivity (Wildman–Crippen MR) is 110 cm³/mol. The molecule has 2 heterocycles. The van der Waals surface area contributed by atoms with Crippen LogP contribution < -0.4 is 22.4 Å². The van der Waals surface area contributed by atoms with Crippen molar-refractivity contribution in [3.63, 3.8) is 0 Å². The highest BCUT2D eigenvalue weighted by molar-refractivity contribution is 7.18. The zero-order chi connectivity index (χ0) is 18.1. The molecule has 0 amide bonds. The highest BCUT2D eigenvalue weighted by Gasteiger charge is 2.12. The fourth-order valence-electron chi connectivity index (χ4n) is 2.81. The van der Waals surface area contributed by atoms with Gasteiger partial charge in [-0.1, -0.05) is 23.7 Å². The first kappa shape index (κ1) is 16.6. The summed E-state index contributed by atoms with van der Waals surface area (Å²) in [6.07, 6.45) is 0. The Bertz CT molecular complexity index is 1120. The Labute approximate surface area is 158 Å². The van der Waals surface area contributed by atoms with Gasteiger partial charge in [-0.25, -0.2) is 10.8 Å². The van der Waals surface area contributed by atoms with E-state index in [0.29, 0.717) is 10.9 Å². The minimum absolute atomic E-state index is 0.396. The second-order valence-corrected chi connectivity index (χ2v) is 6.96. The van der Waals surface area contributed by atoms with E-state index in [1.165, 1.54) is 0 Å². The third-order valence-corrected chi connectivity index (χ3v) is 5.24. The quantitative estimate of drug-likeness (QED) is 0.186. The number of rotatable bonds is 3. The molecule has 0 aliphatic carbocycles. The maximum atomic E-state index is 5.97. The van der Waals surface area contributed by atoms with Crippen LogP contribution in [-0.2, 0) is 0 Å². The molecular weight excluding hydrogens is 368 g/mol. The summed E-state index contributed by atoms with van der Waals surface area (Å²) < 4.78 is 1.16. The molecule has 0 saturated heterocycles. The predicted octanol–water partition coefficient (Wildman–Crippen LogP) is 3.93. The van der Waals surface area contributed by atoms with Gasteiger partial charge < -0.3 is 16.6 Å². The first-order valence-electron chi connectivity index (χ1n) is 7.78. The van der Waals surface area contributed by atoms with Crippen molar-refractivity contribution in [2.45, 2.75) is 0 Å². The lowest BCUT2D eigenvalue weighted by Crippen LogP contribution is -2.32. The molecule has 0 aliphatic heterocycles. The van der Waals surface area contributed by atoms with Gasteiger partial charge in [0.05, 0.1) is 5.52 Å². The molecule has 0 fully saturated rings. The van der Waals surface area contributed by atoms with E-state index in [1.807, 2.05) is 42.5 Å². The van der Waals surface area contributed by atoms with Crippen molar-refractivity contribution >= 4 is 61.3 Å². The van der Waals surface area contributed by atoms with Gasteiger partial charge in [0.2, 0.25) is 0 Å². The Balaban J connectivity index is 1.87. The number of thiophene rings is 1. The van der Waals surface area contributed by atoms with Gasteiger partial charge >= 0.3 is 0 Å². The number of aromatic nitrogens is 1. The molecule has 0 atom stereocenters. The number of hydrogen-bond acceptors (Lipinski definition) is 6. The summed E-state index contributed by atoms with van der Waals surface area (Å²) in [4.78, 5) is 4.80. The summed E-state index contributed by atoms with van der Waals surface area (Å²) in [5, 5.41) is 11.9. The van der Waals surface area contributed by atoms with Crippen molar-refractivity contribution in [1.82, 2.24) is 10.4 Å². The van der Waals surface area contributed by atoms with E-state index in [1.54, 1.807) is 11.3 Å². The lowest BCUT2D eigenvalue weighted by atomic mass is 10.1. The van der Waals surface area contributed by atoms with Gasteiger partial charge in [0.25, 0.3) is 0 Å². The Morgan fingerprint density at radius 3 is 2.62 bits per heavy atom. The number of fused-ring (bicyclic) bond motifs is 3. The summed E-state index contributed by atoms with van der Waals surface area (Å²) in [6.45, 7) is 0. The van der Waals surface area contributed by atoms with Crippen molar-refractivity contribution in [2.75, 3.05) is 5.32 Å². The molecule has 6 nitrogen and oxygen atoms in total. The molecule has 0 unspecified atom stereocenters. The van der Waals surface area contributed by atoms with E-state index >= 15 is 0 Å². The Morgan fingerprint density at radius 2 is 1.88 bits per heavy atom. The van der Waals surface area contributed by atoms with Crippen LogP contribution in [0.3, 0.4) is 0 Å². The van der Waals surface area contributed by atoms with Gasteiger partial charge in [-0.15, -0.1) is 11.3 Å². The van der Waals surface area contributed by atoms with Gasteiger partial charge in [0.1, 0.15) is 5.82 Å². The van der Waals surface area contributed by atoms with Crippen LogP contribution in [0, 0.1) is 0 Å². The van der Waals surface area contributed by atoms with Crippen LogP contribution in [0.1, 0.15) is 5.56 Å². The fourth-order valence-corrected chi connectivity index (χ4v) is 3.87. The van der Waals surface area contributed by atoms with Crippen LogP contribution in [0.25, 0.3) is 21.0 Å². The van der Waals surface area contributed by atoms with Crippen LogP contribution in [0.5, 0.6) is 0 Å². The van der Waals surface area contributed by atoms with E-state index in [2.05, 4.69) is 27.3 Å². The number of amidine groups is 1. The van der Waals surface area contributed by atoms with Crippen LogP contribution in [0.2, 0.25) is 5.02 Å². The van der Waals surface area contributed by atoms with Crippen molar-refractivity contribution in [3.05, 3.63) is 64.5 Å². The molecule has 0 aliphatic rings. The van der Waals surface area contributed by atoms with Crippen LogP contribution in [0.15, 0.2) is 59.0 Å². The lowest BCUT2D eigenvalue weighted by molar-refractivity contribution is 1.00. The highest BCUT2D eigenvalue weighted by Crippen LogP contribution is 2.35. The summed E-state index contributed by atoms with van der Waals surface area (Å²) in [5.74, 6) is 12.0. The number of pyridine rings is 1. The Kier molecular flexibility index (Phi) is 4.34. The second kappa shape index (κ2) is 6.80. The molecule has 4 aromatic rings. The zero-order valence-corrected chi connectivity index (χ0v) is 15.1. The monoisotopic (exact) mass is 382 g/mol. The van der Waals surface area contributed by atoms with Crippen molar-refractivity contribution in [3.8, 4) is 0 Å². The SMILES string of the molecule is N/N=C(\NN)c1ccc2c(c1)nc(Nc1ccc(Cl)cc1)c1ccsc12. The number of benzene rings is 2. The number of anilines is 2. The first-order valence-corrected chi connectivity index (χ1v) is 9.04. The third kappa shape index (κ3) is 2.92. The standard InChI is InChI=1S/C18H15ClN6S/c19-11-2-4-12(5-3-11)22-18-14-7-8-26-16(14)13-6-1-10(9-15(13)23-18)17(24-20)25-21/h1-9H,20-21H2,(H,22,23)(H,24,25). The lowest BCUT2D eigenvalue weighted by Gasteiger charge is -2.11. The molecule has 0 radical (unpaired) electrons. The number of halogens is 1. The van der Waals surface area contributed by atoms with E-state index in [9.17, 15) is 0 Å². The van der Waals surface area contributed by atoms with Crippen molar-refractivity contribution in [2.24, 2.45) is 16.8 Å². The van der Waals surface area contributed by atoms with Crippen LogP contribution >= 0.6 is 22.9 Å². The van der Waals surface area contributed by atoms with Crippen LogP contribution in [0.4, 0.5) is 11.5 Å². The maximum Gasteiger partial charge on any atom is 0.166 e. The molecule has 0 saturated carbocycles. The van der Waals surface area contributed by atoms with E-state index in [-0.39, 0.29) is 0 Å². The van der Waals surface area contributed by atoms with E-state index in [0.717, 1.165) is 38.1 Å². The maximum absolute atomic E-state index is 5.97. The number of hydrogen-bond donors (Lipinski definition) is 4. The molecule has 4 rings (SSSR count). The van der Waals surface area contributed by atoms with Crippen LogP contribution in [-0.4, -0.2) is 10.8 Å². The number of hydrazine groups is 1. The fraction of sp³-hybridized carbons (Fsp3) is 0. The molecule has 8 heteroatoms. The topological polar surface area (TPSA) is 101 Å². The molecule has 0 spiro atoms. The van der Waals surface area contributed by atoms with Crippen molar-refractivity contribution < 1.29 is 0 Å². The molecule has 0 bridgehead atoms. The molecular formula is C18H15ClN6S. The normalized spacial score (nSPS) is 11.8. The Morgan fingerprint density at radius 1 is 1.08 bits per heavy atom. The van der Waals surface area contributed by atoms with E-state index in [4.69, 9.17) is 28.3 Å². The summed E-state index contributed by atoms with van der Waals surface area (Å²) in [7, 11) is 0. The summed E-state index contributed by atoms with van der Waals surface area (Å²) in [5.41, 5.74) is 5.00. The minimum Gasteiger partial charge on any atom is -0.340 e. The zero-order valence-electron chi connectivity index (χ0n) is 13.5. The highest BCUT2D eigenvalue weighted by atomic mass is 35.5. The molecule has 2 aromatic carbocycles. The van der Waals surface area contributed by atoms with Crippen molar-refractivity contribution in [1.29, 1.82) is 0 Å². The van der Waals surface area contributed by atoms with Gasteiger partial charge in [-0.3, -0.25) is 0 Å². The molecule has 6 N–H and O–H groups in total. The third-order valence-electron chi connectivity index (χ3n) is 4.04. The Hall–Kier alpha value is -2.87. The molecule has 130 valence electrons. The second-order valence-electron chi connectivity index (χ2n) is 5.61. The number of nitrogens with zero attached hydrogens (tertiary/aromatic N) is 2. The summed E-state index contributed by atoms with van der Waals surface area (Å²) >= 11 is 7.64. The van der Waals surface area contributed by atoms with Gasteiger partial charge in [-0.05, 0) is 41.8 Å². The van der Waals surface area contributed by atoms with Gasteiger partial charge in [-0.2, -0.15) is 5.10 Å². The molecule has 2 aromatic heterocycles. The number of hydrazone groups is 1. The summed E-state index contributed by atoms with van der Waals surface area (Å²) in [6, 6.07) is 15.4. The minimum atomic E-state index is 0.396. The van der Waals surface area contributed by atoms with E-state index < -0.39 is 0 Å². The largest absolute Gasteiger partial charge is 0.340 e. The smallest absolute Gasteiger partial charge is 0.166 e. The van der Waals surface area contributed by atoms with Gasteiger partial charge in [0, 0.05) is 31.7 Å². The van der Waals surface area contributed by atoms with Gasteiger partial charge in [0.15, 0.2) is 5.84 Å².